The maximum absolute atomic E-state index is 12.3. The molecule has 1 N–H and O–H groups in total. The van der Waals surface area contributed by atoms with Crippen LogP contribution in [-0.2, 0) is 11.3 Å². The number of benzene rings is 2. The summed E-state index contributed by atoms with van der Waals surface area (Å²) in [6.45, 7) is 8.48. The molecule has 3 rings (SSSR count). The molecule has 9 heteroatoms. The highest BCUT2D eigenvalue weighted by Crippen LogP contribution is 2.30. The van der Waals surface area contributed by atoms with E-state index in [4.69, 9.17) is 27.9 Å². The highest BCUT2D eigenvalue weighted by molar-refractivity contribution is 7.99. The summed E-state index contributed by atoms with van der Waals surface area (Å²) in [6, 6.07) is 10.9. The Morgan fingerprint density at radius 2 is 1.87 bits per heavy atom. The first-order valence-electron chi connectivity index (χ1n) is 9.83. The van der Waals surface area contributed by atoms with Crippen LogP contribution in [0.3, 0.4) is 0 Å². The van der Waals surface area contributed by atoms with Crippen LogP contribution in [0.1, 0.15) is 36.9 Å². The molecular formula is C22H24Cl2N4O2S. The second kappa shape index (κ2) is 10.4. The molecular weight excluding hydrogens is 455 g/mol. The van der Waals surface area contributed by atoms with E-state index in [1.165, 1.54) is 11.8 Å². The first kappa shape index (κ1) is 23.4. The molecule has 31 heavy (non-hydrogen) atoms. The Hall–Kier alpha value is -2.22. The third kappa shape index (κ3) is 5.73. The number of carbonyl (C=O) groups excluding carboxylic acids is 1. The van der Waals surface area contributed by atoms with Gasteiger partial charge in [0, 0.05) is 11.6 Å². The van der Waals surface area contributed by atoms with Crippen molar-refractivity contribution in [2.45, 2.75) is 45.5 Å². The number of thioether (sulfide) groups is 1. The van der Waals surface area contributed by atoms with Gasteiger partial charge in [0.15, 0.2) is 17.1 Å². The van der Waals surface area contributed by atoms with Gasteiger partial charge >= 0.3 is 0 Å². The maximum Gasteiger partial charge on any atom is 0.234 e. The topological polar surface area (TPSA) is 69.0 Å². The Kier molecular flexibility index (Phi) is 7.86. The van der Waals surface area contributed by atoms with Gasteiger partial charge in [-0.2, -0.15) is 0 Å². The Morgan fingerprint density at radius 1 is 1.19 bits per heavy atom. The number of nitrogens with zero attached hydrogens (tertiary/aromatic N) is 3. The number of carbonyl (C=O) groups is 1. The Bertz CT molecular complexity index is 1060. The van der Waals surface area contributed by atoms with Crippen LogP contribution in [0.4, 0.5) is 5.69 Å². The summed E-state index contributed by atoms with van der Waals surface area (Å²) in [4.78, 5) is 12.3. The lowest BCUT2D eigenvalue weighted by molar-refractivity contribution is -0.113. The highest BCUT2D eigenvalue weighted by atomic mass is 35.5. The van der Waals surface area contributed by atoms with Crippen molar-refractivity contribution in [1.82, 2.24) is 14.8 Å². The van der Waals surface area contributed by atoms with Crippen molar-refractivity contribution < 1.29 is 9.53 Å². The number of aryl methyl sites for hydroxylation is 2. The first-order valence-corrected chi connectivity index (χ1v) is 11.6. The Balaban J connectivity index is 1.67. The SMILES string of the molecule is CCn1c(SCC(=O)Nc2ccccc2Cl)nnc1C(C)Oc1cc(C)c(Cl)c(C)c1. The summed E-state index contributed by atoms with van der Waals surface area (Å²) >= 11 is 13.7. The van der Waals surface area contributed by atoms with Crippen LogP contribution in [-0.4, -0.2) is 26.4 Å². The van der Waals surface area contributed by atoms with E-state index >= 15 is 0 Å². The predicted octanol–water partition coefficient (Wildman–Crippen LogP) is 6.09. The molecule has 2 aromatic carbocycles. The van der Waals surface area contributed by atoms with Gasteiger partial charge in [-0.3, -0.25) is 4.79 Å². The number of aromatic nitrogens is 3. The van der Waals surface area contributed by atoms with Crippen molar-refractivity contribution in [2.75, 3.05) is 11.1 Å². The standard InChI is InChI=1S/C22H24Cl2N4O2S/c1-5-28-21(15(4)30-16-10-13(2)20(24)14(3)11-16)26-27-22(28)31-12-19(29)25-18-9-7-6-8-17(18)23/h6-11,15H,5,12H2,1-4H3,(H,25,29). The summed E-state index contributed by atoms with van der Waals surface area (Å²) in [5.41, 5.74) is 2.51. The van der Waals surface area contributed by atoms with E-state index < -0.39 is 0 Å². The van der Waals surface area contributed by atoms with E-state index in [1.807, 2.05) is 56.5 Å². The zero-order chi connectivity index (χ0) is 22.5. The van der Waals surface area contributed by atoms with Crippen LogP contribution in [0.5, 0.6) is 5.75 Å². The van der Waals surface area contributed by atoms with Gasteiger partial charge in [-0.1, -0.05) is 47.1 Å². The summed E-state index contributed by atoms with van der Waals surface area (Å²) in [5, 5.41) is 13.3. The summed E-state index contributed by atoms with van der Waals surface area (Å²) in [5.74, 6) is 1.45. The molecule has 0 spiro atoms. The number of nitrogens with one attached hydrogen (secondary N) is 1. The smallest absolute Gasteiger partial charge is 0.234 e. The molecule has 0 bridgehead atoms. The van der Waals surface area contributed by atoms with Gasteiger partial charge in [-0.05, 0) is 63.1 Å². The van der Waals surface area contributed by atoms with E-state index in [2.05, 4.69) is 15.5 Å². The molecule has 0 saturated heterocycles. The van der Waals surface area contributed by atoms with Gasteiger partial charge in [0.2, 0.25) is 5.91 Å². The van der Waals surface area contributed by atoms with Crippen LogP contribution in [0.2, 0.25) is 10.0 Å². The van der Waals surface area contributed by atoms with Crippen LogP contribution >= 0.6 is 35.0 Å². The quantitative estimate of drug-likeness (QED) is 0.396. The molecule has 3 aromatic rings. The van der Waals surface area contributed by atoms with E-state index in [9.17, 15) is 4.79 Å². The third-order valence-electron chi connectivity index (χ3n) is 4.63. The van der Waals surface area contributed by atoms with Crippen molar-refractivity contribution in [2.24, 2.45) is 0 Å². The van der Waals surface area contributed by atoms with Gasteiger partial charge < -0.3 is 14.6 Å². The molecule has 1 aromatic heterocycles. The third-order valence-corrected chi connectivity index (χ3v) is 6.52. The number of halogens is 2. The monoisotopic (exact) mass is 478 g/mol. The van der Waals surface area contributed by atoms with E-state index in [0.717, 1.165) is 21.9 Å². The molecule has 1 unspecified atom stereocenters. The summed E-state index contributed by atoms with van der Waals surface area (Å²) in [7, 11) is 0. The molecule has 0 radical (unpaired) electrons. The lowest BCUT2D eigenvalue weighted by atomic mass is 10.1. The van der Waals surface area contributed by atoms with Gasteiger partial charge in [-0.25, -0.2) is 0 Å². The van der Waals surface area contributed by atoms with E-state index in [0.29, 0.717) is 28.2 Å². The first-order chi connectivity index (χ1) is 14.8. The molecule has 1 heterocycles. The van der Waals surface area contributed by atoms with Crippen molar-refractivity contribution in [3.8, 4) is 5.75 Å². The molecule has 1 atom stereocenters. The molecule has 0 aliphatic carbocycles. The maximum atomic E-state index is 12.3. The zero-order valence-corrected chi connectivity index (χ0v) is 20.1. The van der Waals surface area contributed by atoms with E-state index in [1.54, 1.807) is 12.1 Å². The minimum Gasteiger partial charge on any atom is -0.483 e. The van der Waals surface area contributed by atoms with Gasteiger partial charge in [0.25, 0.3) is 0 Å². The Morgan fingerprint density at radius 3 is 2.52 bits per heavy atom. The molecule has 0 aliphatic heterocycles. The number of hydrogen-bond donors (Lipinski definition) is 1. The zero-order valence-electron chi connectivity index (χ0n) is 17.8. The molecule has 164 valence electrons. The number of ether oxygens (including phenoxy) is 1. The molecule has 6 nitrogen and oxygen atoms in total. The molecule has 0 aliphatic rings. The van der Waals surface area contributed by atoms with E-state index in [-0.39, 0.29) is 17.8 Å². The Labute approximate surface area is 196 Å². The summed E-state index contributed by atoms with van der Waals surface area (Å²) < 4.78 is 8.06. The van der Waals surface area contributed by atoms with Crippen molar-refractivity contribution in [3.05, 3.63) is 63.4 Å². The van der Waals surface area contributed by atoms with Crippen molar-refractivity contribution >= 4 is 46.6 Å². The molecule has 0 fully saturated rings. The average molecular weight is 479 g/mol. The number of rotatable bonds is 8. The number of hydrogen-bond acceptors (Lipinski definition) is 5. The van der Waals surface area contributed by atoms with Gasteiger partial charge in [0.1, 0.15) is 5.75 Å². The van der Waals surface area contributed by atoms with Crippen molar-refractivity contribution in [1.29, 1.82) is 0 Å². The number of anilines is 1. The van der Waals surface area contributed by atoms with Crippen LogP contribution in [0, 0.1) is 13.8 Å². The lowest BCUT2D eigenvalue weighted by Gasteiger charge is -2.17. The average Bonchev–Trinajstić information content (AvgIpc) is 3.15. The molecule has 1 amide bonds. The van der Waals surface area contributed by atoms with Gasteiger partial charge in [0.05, 0.1) is 16.5 Å². The minimum absolute atomic E-state index is 0.165. The molecule has 0 saturated carbocycles. The fraction of sp³-hybridized carbons (Fsp3) is 0.318. The summed E-state index contributed by atoms with van der Waals surface area (Å²) in [6.07, 6.45) is -0.321. The largest absolute Gasteiger partial charge is 0.483 e. The minimum atomic E-state index is -0.321. The lowest BCUT2D eigenvalue weighted by Crippen LogP contribution is -2.15. The number of para-hydroxylation sites is 1. The predicted molar refractivity (Wildman–Crippen MR) is 126 cm³/mol. The number of amides is 1. The van der Waals surface area contributed by atoms with Crippen LogP contribution < -0.4 is 10.1 Å². The van der Waals surface area contributed by atoms with Crippen LogP contribution in [0.15, 0.2) is 41.6 Å². The fourth-order valence-electron chi connectivity index (χ4n) is 3.11. The van der Waals surface area contributed by atoms with Crippen molar-refractivity contribution in [3.63, 3.8) is 0 Å². The highest BCUT2D eigenvalue weighted by Gasteiger charge is 2.20. The second-order valence-corrected chi connectivity index (χ2v) is 8.76. The second-order valence-electron chi connectivity index (χ2n) is 7.03. The normalized spacial score (nSPS) is 11.9. The fourth-order valence-corrected chi connectivity index (χ4v) is 4.22. The van der Waals surface area contributed by atoms with Crippen LogP contribution in [0.25, 0.3) is 0 Å². The van der Waals surface area contributed by atoms with Gasteiger partial charge in [-0.15, -0.1) is 10.2 Å².